The molecule has 1 N–H and O–H groups in total. The number of hydrogen-bond acceptors (Lipinski definition) is 5. The average molecular weight is 448 g/mol. The van der Waals surface area contributed by atoms with Gasteiger partial charge in [-0.2, -0.15) is 0 Å². The number of nitrogens with zero attached hydrogens (tertiary/aromatic N) is 4. The van der Waals surface area contributed by atoms with E-state index in [4.69, 9.17) is 9.97 Å². The van der Waals surface area contributed by atoms with Crippen molar-refractivity contribution in [3.8, 4) is 0 Å². The minimum Gasteiger partial charge on any atom is -0.352 e. The molecule has 2 amide bonds. The van der Waals surface area contributed by atoms with E-state index in [0.717, 1.165) is 49.8 Å². The SMILES string of the molecule is O=C(NCc1ccccc1)N1CCN(c2nc(C3CC3)nc3sc4c(c23)CCCC4)CC1. The van der Waals surface area contributed by atoms with Crippen LogP contribution >= 0.6 is 11.3 Å². The third-order valence-electron chi connectivity index (χ3n) is 6.91. The molecule has 0 spiro atoms. The maximum Gasteiger partial charge on any atom is 0.317 e. The number of amides is 2. The number of piperazine rings is 1. The van der Waals surface area contributed by atoms with E-state index < -0.39 is 0 Å². The number of carbonyl (C=O) groups excluding carboxylic acids is 1. The van der Waals surface area contributed by atoms with Crippen LogP contribution in [0, 0.1) is 0 Å². The maximum atomic E-state index is 12.7. The Labute approximate surface area is 192 Å². The van der Waals surface area contributed by atoms with Crippen molar-refractivity contribution < 1.29 is 4.79 Å². The number of anilines is 1. The van der Waals surface area contributed by atoms with Gasteiger partial charge in [0.15, 0.2) is 0 Å². The first-order valence-electron chi connectivity index (χ1n) is 11.9. The van der Waals surface area contributed by atoms with E-state index in [2.05, 4.69) is 10.2 Å². The van der Waals surface area contributed by atoms with Crippen molar-refractivity contribution in [3.05, 3.63) is 52.2 Å². The zero-order valence-corrected chi connectivity index (χ0v) is 19.2. The number of rotatable bonds is 4. The Hall–Kier alpha value is -2.67. The van der Waals surface area contributed by atoms with Gasteiger partial charge in [-0.25, -0.2) is 14.8 Å². The van der Waals surface area contributed by atoms with E-state index >= 15 is 0 Å². The summed E-state index contributed by atoms with van der Waals surface area (Å²) in [7, 11) is 0. The van der Waals surface area contributed by atoms with Crippen molar-refractivity contribution in [2.24, 2.45) is 0 Å². The molecular weight excluding hydrogens is 418 g/mol. The predicted octanol–water partition coefficient (Wildman–Crippen LogP) is 4.48. The van der Waals surface area contributed by atoms with Crippen LogP contribution in [0.2, 0.25) is 0 Å². The monoisotopic (exact) mass is 447 g/mol. The number of benzene rings is 1. The molecule has 3 heterocycles. The molecule has 1 saturated carbocycles. The van der Waals surface area contributed by atoms with Gasteiger partial charge in [-0.15, -0.1) is 11.3 Å². The van der Waals surface area contributed by atoms with Crippen LogP contribution in [0.5, 0.6) is 0 Å². The van der Waals surface area contributed by atoms with Gasteiger partial charge in [0.1, 0.15) is 16.5 Å². The summed E-state index contributed by atoms with van der Waals surface area (Å²) in [5, 5.41) is 4.37. The quantitative estimate of drug-likeness (QED) is 0.641. The molecule has 3 aromatic rings. The van der Waals surface area contributed by atoms with Gasteiger partial charge in [0.05, 0.1) is 5.39 Å². The Morgan fingerprint density at radius 1 is 1.03 bits per heavy atom. The lowest BCUT2D eigenvalue weighted by Crippen LogP contribution is -2.52. The van der Waals surface area contributed by atoms with Crippen LogP contribution < -0.4 is 10.2 Å². The van der Waals surface area contributed by atoms with Crippen LogP contribution in [0.4, 0.5) is 10.6 Å². The molecule has 0 unspecified atom stereocenters. The Balaban J connectivity index is 1.20. The number of thiophene rings is 1. The first-order valence-corrected chi connectivity index (χ1v) is 12.7. The van der Waals surface area contributed by atoms with Crippen LogP contribution in [0.25, 0.3) is 10.2 Å². The van der Waals surface area contributed by atoms with Gasteiger partial charge in [0, 0.05) is 43.5 Å². The molecule has 32 heavy (non-hydrogen) atoms. The minimum atomic E-state index is 0.0212. The number of nitrogens with one attached hydrogen (secondary N) is 1. The fourth-order valence-corrected chi connectivity index (χ4v) is 6.18. The molecule has 6 rings (SSSR count). The molecule has 7 heteroatoms. The normalized spacial score (nSPS) is 18.6. The van der Waals surface area contributed by atoms with Crippen molar-refractivity contribution in [3.63, 3.8) is 0 Å². The molecule has 0 atom stereocenters. The summed E-state index contributed by atoms with van der Waals surface area (Å²) in [5.74, 6) is 2.71. The van der Waals surface area contributed by atoms with Crippen LogP contribution in [-0.2, 0) is 19.4 Å². The van der Waals surface area contributed by atoms with Gasteiger partial charge in [-0.3, -0.25) is 0 Å². The lowest BCUT2D eigenvalue weighted by atomic mass is 9.97. The highest BCUT2D eigenvalue weighted by molar-refractivity contribution is 7.19. The molecule has 2 fully saturated rings. The highest BCUT2D eigenvalue weighted by atomic mass is 32.1. The van der Waals surface area contributed by atoms with E-state index in [-0.39, 0.29) is 6.03 Å². The number of urea groups is 1. The second kappa shape index (κ2) is 8.35. The Morgan fingerprint density at radius 3 is 2.59 bits per heavy atom. The molecule has 2 aliphatic carbocycles. The van der Waals surface area contributed by atoms with Gasteiger partial charge in [-0.1, -0.05) is 30.3 Å². The van der Waals surface area contributed by atoms with Gasteiger partial charge in [0.25, 0.3) is 0 Å². The third kappa shape index (κ3) is 3.83. The van der Waals surface area contributed by atoms with E-state index in [9.17, 15) is 4.79 Å². The van der Waals surface area contributed by atoms with Crippen molar-refractivity contribution >= 4 is 33.4 Å². The molecule has 0 bridgehead atoms. The summed E-state index contributed by atoms with van der Waals surface area (Å²) in [4.78, 5) is 29.9. The second-order valence-electron chi connectivity index (χ2n) is 9.19. The molecule has 2 aromatic heterocycles. The van der Waals surface area contributed by atoms with Crippen LogP contribution in [0.1, 0.15) is 53.4 Å². The van der Waals surface area contributed by atoms with Crippen molar-refractivity contribution in [1.82, 2.24) is 20.2 Å². The molecule has 166 valence electrons. The minimum absolute atomic E-state index is 0.0212. The Morgan fingerprint density at radius 2 is 1.81 bits per heavy atom. The summed E-state index contributed by atoms with van der Waals surface area (Å²) in [5.41, 5.74) is 2.62. The lowest BCUT2D eigenvalue weighted by Gasteiger charge is -2.36. The van der Waals surface area contributed by atoms with Crippen molar-refractivity contribution in [2.75, 3.05) is 31.1 Å². The summed E-state index contributed by atoms with van der Waals surface area (Å²) in [6, 6.07) is 10.1. The van der Waals surface area contributed by atoms with E-state index in [1.165, 1.54) is 52.8 Å². The first kappa shape index (κ1) is 20.0. The highest BCUT2D eigenvalue weighted by Gasteiger charge is 2.32. The zero-order valence-electron chi connectivity index (χ0n) is 18.3. The predicted molar refractivity (Wildman–Crippen MR) is 128 cm³/mol. The fraction of sp³-hybridized carbons (Fsp3) is 0.480. The highest BCUT2D eigenvalue weighted by Crippen LogP contribution is 2.44. The van der Waals surface area contributed by atoms with E-state index in [1.807, 2.05) is 46.6 Å². The second-order valence-corrected chi connectivity index (χ2v) is 10.3. The van der Waals surface area contributed by atoms with Gasteiger partial charge in [0.2, 0.25) is 0 Å². The molecule has 3 aliphatic rings. The van der Waals surface area contributed by atoms with Crippen LogP contribution in [-0.4, -0.2) is 47.1 Å². The largest absolute Gasteiger partial charge is 0.352 e. The molecule has 6 nitrogen and oxygen atoms in total. The van der Waals surface area contributed by atoms with Crippen molar-refractivity contribution in [2.45, 2.75) is 51.0 Å². The number of aryl methyl sites for hydroxylation is 2. The van der Waals surface area contributed by atoms with Gasteiger partial charge >= 0.3 is 6.03 Å². The number of hydrogen-bond donors (Lipinski definition) is 1. The molecule has 1 aromatic carbocycles. The van der Waals surface area contributed by atoms with Gasteiger partial charge < -0.3 is 15.1 Å². The van der Waals surface area contributed by atoms with Crippen LogP contribution in [0.15, 0.2) is 30.3 Å². The summed E-state index contributed by atoms with van der Waals surface area (Å²) in [6.45, 7) is 3.64. The van der Waals surface area contributed by atoms with E-state index in [0.29, 0.717) is 12.5 Å². The smallest absolute Gasteiger partial charge is 0.317 e. The lowest BCUT2D eigenvalue weighted by molar-refractivity contribution is 0.194. The molecule has 0 radical (unpaired) electrons. The number of aromatic nitrogens is 2. The van der Waals surface area contributed by atoms with Crippen molar-refractivity contribution in [1.29, 1.82) is 0 Å². The Kier molecular flexibility index (Phi) is 5.21. The first-order chi connectivity index (χ1) is 15.8. The zero-order chi connectivity index (χ0) is 21.5. The molecule has 1 aliphatic heterocycles. The summed E-state index contributed by atoms with van der Waals surface area (Å²) >= 11 is 1.89. The maximum absolute atomic E-state index is 12.7. The topological polar surface area (TPSA) is 61.4 Å². The summed E-state index contributed by atoms with van der Waals surface area (Å²) < 4.78 is 0. The average Bonchev–Trinajstić information content (AvgIpc) is 3.63. The Bertz CT molecular complexity index is 1130. The number of carbonyl (C=O) groups is 1. The number of fused-ring (bicyclic) bond motifs is 3. The molecule has 1 saturated heterocycles. The molecular formula is C25H29N5OS. The van der Waals surface area contributed by atoms with E-state index in [1.54, 1.807) is 0 Å². The fourth-order valence-electron chi connectivity index (χ4n) is 4.91. The van der Waals surface area contributed by atoms with Gasteiger partial charge in [-0.05, 0) is 49.7 Å². The standard InChI is InChI=1S/C25H29N5OS/c31-25(26-16-17-6-2-1-3-7-17)30-14-12-29(13-15-30)23-21-19-8-4-5-9-20(19)32-24(21)28-22(27-23)18-10-11-18/h1-3,6-7,18H,4-5,8-16H2,(H,26,31). The third-order valence-corrected chi connectivity index (χ3v) is 8.09. The summed E-state index contributed by atoms with van der Waals surface area (Å²) in [6.07, 6.45) is 7.31. The van der Waals surface area contributed by atoms with Crippen LogP contribution in [0.3, 0.4) is 0 Å².